The molecular formula is C15H18ClN3. The van der Waals surface area contributed by atoms with E-state index in [2.05, 4.69) is 28.3 Å². The summed E-state index contributed by atoms with van der Waals surface area (Å²) in [4.78, 5) is 8.77. The largest absolute Gasteiger partial charge is 0.305 e. The van der Waals surface area contributed by atoms with E-state index in [9.17, 15) is 0 Å². The SMILES string of the molecule is CCCNC(c1ccc(C)nc1)c1ccc(Cl)cn1. The zero-order valence-electron chi connectivity index (χ0n) is 11.2. The van der Waals surface area contributed by atoms with Crippen molar-refractivity contribution in [3.63, 3.8) is 0 Å². The summed E-state index contributed by atoms with van der Waals surface area (Å²) < 4.78 is 0. The van der Waals surface area contributed by atoms with Crippen LogP contribution in [0.4, 0.5) is 0 Å². The van der Waals surface area contributed by atoms with Gasteiger partial charge in [0.05, 0.1) is 16.8 Å². The van der Waals surface area contributed by atoms with Crippen molar-refractivity contribution in [2.45, 2.75) is 26.3 Å². The molecule has 1 atom stereocenters. The number of hydrogen-bond donors (Lipinski definition) is 1. The number of aromatic nitrogens is 2. The summed E-state index contributed by atoms with van der Waals surface area (Å²) in [5.41, 5.74) is 3.10. The molecule has 0 bridgehead atoms. The van der Waals surface area contributed by atoms with Gasteiger partial charge in [-0.3, -0.25) is 9.97 Å². The Hall–Kier alpha value is -1.45. The molecule has 1 N–H and O–H groups in total. The van der Waals surface area contributed by atoms with Crippen LogP contribution in [0, 0.1) is 6.92 Å². The van der Waals surface area contributed by atoms with E-state index >= 15 is 0 Å². The van der Waals surface area contributed by atoms with E-state index in [0.717, 1.165) is 29.9 Å². The molecule has 0 aliphatic heterocycles. The fourth-order valence-electron chi connectivity index (χ4n) is 1.89. The number of nitrogens with zero attached hydrogens (tertiary/aromatic N) is 2. The van der Waals surface area contributed by atoms with Crippen molar-refractivity contribution in [1.82, 2.24) is 15.3 Å². The van der Waals surface area contributed by atoms with Gasteiger partial charge >= 0.3 is 0 Å². The molecule has 2 heterocycles. The maximum Gasteiger partial charge on any atom is 0.0766 e. The molecule has 0 fully saturated rings. The summed E-state index contributed by atoms with van der Waals surface area (Å²) in [7, 11) is 0. The minimum atomic E-state index is 0.0605. The van der Waals surface area contributed by atoms with Gasteiger partial charge in [0.2, 0.25) is 0 Å². The lowest BCUT2D eigenvalue weighted by Gasteiger charge is -2.18. The van der Waals surface area contributed by atoms with Gasteiger partial charge in [-0.15, -0.1) is 0 Å². The Bertz CT molecular complexity index is 462. The van der Waals surface area contributed by atoms with Gasteiger partial charge in [-0.1, -0.05) is 24.6 Å². The van der Waals surface area contributed by atoms with Gasteiger partial charge in [-0.25, -0.2) is 0 Å². The van der Waals surface area contributed by atoms with Gasteiger partial charge in [0.25, 0.3) is 0 Å². The maximum atomic E-state index is 5.89. The average Bonchev–Trinajstić information content (AvgIpc) is 2.43. The minimum Gasteiger partial charge on any atom is -0.305 e. The number of pyridine rings is 2. The highest BCUT2D eigenvalue weighted by Crippen LogP contribution is 2.21. The Morgan fingerprint density at radius 3 is 2.58 bits per heavy atom. The Balaban J connectivity index is 2.29. The van der Waals surface area contributed by atoms with Gasteiger partial charge in [-0.2, -0.15) is 0 Å². The van der Waals surface area contributed by atoms with E-state index < -0.39 is 0 Å². The van der Waals surface area contributed by atoms with Gasteiger partial charge in [0, 0.05) is 18.1 Å². The van der Waals surface area contributed by atoms with Crippen LogP contribution in [0.5, 0.6) is 0 Å². The molecule has 0 amide bonds. The van der Waals surface area contributed by atoms with Gasteiger partial charge < -0.3 is 5.32 Å². The molecule has 100 valence electrons. The van der Waals surface area contributed by atoms with Crippen molar-refractivity contribution in [2.24, 2.45) is 0 Å². The van der Waals surface area contributed by atoms with E-state index in [0.29, 0.717) is 5.02 Å². The molecule has 0 saturated carbocycles. The maximum absolute atomic E-state index is 5.89. The molecule has 0 saturated heterocycles. The quantitative estimate of drug-likeness (QED) is 0.907. The topological polar surface area (TPSA) is 37.8 Å². The highest BCUT2D eigenvalue weighted by Gasteiger charge is 2.14. The Kier molecular flexibility index (Phi) is 4.88. The fraction of sp³-hybridized carbons (Fsp3) is 0.333. The third-order valence-corrected chi connectivity index (χ3v) is 3.14. The Morgan fingerprint density at radius 1 is 1.16 bits per heavy atom. The lowest BCUT2D eigenvalue weighted by Crippen LogP contribution is -2.24. The van der Waals surface area contributed by atoms with Crippen LogP contribution in [0.25, 0.3) is 0 Å². The van der Waals surface area contributed by atoms with E-state index in [1.807, 2.05) is 31.3 Å². The zero-order valence-corrected chi connectivity index (χ0v) is 12.0. The summed E-state index contributed by atoms with van der Waals surface area (Å²) in [6, 6.07) is 7.99. The van der Waals surface area contributed by atoms with Crippen molar-refractivity contribution in [3.05, 3.63) is 58.6 Å². The molecule has 19 heavy (non-hydrogen) atoms. The standard InChI is InChI=1S/C15H18ClN3/c1-3-8-17-15(12-5-4-11(2)18-9-12)14-7-6-13(16)10-19-14/h4-7,9-10,15,17H,3,8H2,1-2H3. The predicted molar refractivity (Wildman–Crippen MR) is 78.4 cm³/mol. The molecule has 2 aromatic rings. The summed E-state index contributed by atoms with van der Waals surface area (Å²) >= 11 is 5.89. The van der Waals surface area contributed by atoms with Gasteiger partial charge in [0.15, 0.2) is 0 Å². The lowest BCUT2D eigenvalue weighted by atomic mass is 10.0. The van der Waals surface area contributed by atoms with Crippen molar-refractivity contribution in [1.29, 1.82) is 0 Å². The smallest absolute Gasteiger partial charge is 0.0766 e. The van der Waals surface area contributed by atoms with E-state index in [-0.39, 0.29) is 6.04 Å². The number of halogens is 1. The van der Waals surface area contributed by atoms with E-state index in [4.69, 9.17) is 11.6 Å². The number of hydrogen-bond acceptors (Lipinski definition) is 3. The third kappa shape index (κ3) is 3.75. The first-order valence-corrected chi connectivity index (χ1v) is 6.86. The molecule has 0 aliphatic carbocycles. The molecular weight excluding hydrogens is 258 g/mol. The van der Waals surface area contributed by atoms with Crippen molar-refractivity contribution < 1.29 is 0 Å². The Morgan fingerprint density at radius 2 is 2.00 bits per heavy atom. The first kappa shape index (κ1) is 14.0. The highest BCUT2D eigenvalue weighted by atomic mass is 35.5. The molecule has 2 aromatic heterocycles. The van der Waals surface area contributed by atoms with Crippen LogP contribution in [0.15, 0.2) is 36.7 Å². The second kappa shape index (κ2) is 6.64. The molecule has 1 unspecified atom stereocenters. The molecule has 0 radical (unpaired) electrons. The van der Waals surface area contributed by atoms with Crippen molar-refractivity contribution >= 4 is 11.6 Å². The van der Waals surface area contributed by atoms with E-state index in [1.54, 1.807) is 6.20 Å². The monoisotopic (exact) mass is 275 g/mol. The second-order valence-corrected chi connectivity index (χ2v) is 4.96. The van der Waals surface area contributed by atoms with Crippen LogP contribution < -0.4 is 5.32 Å². The van der Waals surface area contributed by atoms with Crippen molar-refractivity contribution in [2.75, 3.05) is 6.54 Å². The first-order chi connectivity index (χ1) is 9.20. The summed E-state index contributed by atoms with van der Waals surface area (Å²) in [5.74, 6) is 0. The molecule has 0 aromatic carbocycles. The Labute approximate surface area is 119 Å². The number of rotatable bonds is 5. The van der Waals surface area contributed by atoms with E-state index in [1.165, 1.54) is 0 Å². The van der Waals surface area contributed by atoms with Crippen LogP contribution in [0.2, 0.25) is 5.02 Å². The number of aryl methyl sites for hydroxylation is 1. The summed E-state index contributed by atoms with van der Waals surface area (Å²) in [5, 5.41) is 4.15. The zero-order chi connectivity index (χ0) is 13.7. The van der Waals surface area contributed by atoms with Crippen LogP contribution in [-0.2, 0) is 0 Å². The molecule has 2 rings (SSSR count). The summed E-state index contributed by atoms with van der Waals surface area (Å²) in [6.45, 7) is 5.06. The van der Waals surface area contributed by atoms with Crippen LogP contribution >= 0.6 is 11.6 Å². The fourth-order valence-corrected chi connectivity index (χ4v) is 2.00. The molecule has 0 spiro atoms. The highest BCUT2D eigenvalue weighted by molar-refractivity contribution is 6.30. The van der Waals surface area contributed by atoms with Crippen LogP contribution in [0.3, 0.4) is 0 Å². The second-order valence-electron chi connectivity index (χ2n) is 4.52. The first-order valence-electron chi connectivity index (χ1n) is 6.48. The van der Waals surface area contributed by atoms with Gasteiger partial charge in [0.1, 0.15) is 0 Å². The lowest BCUT2D eigenvalue weighted by molar-refractivity contribution is 0.585. The average molecular weight is 276 g/mol. The number of nitrogens with one attached hydrogen (secondary N) is 1. The van der Waals surface area contributed by atoms with Gasteiger partial charge in [-0.05, 0) is 43.7 Å². The molecule has 0 aliphatic rings. The summed E-state index contributed by atoms with van der Waals surface area (Å²) in [6.07, 6.45) is 4.65. The normalized spacial score (nSPS) is 12.4. The minimum absolute atomic E-state index is 0.0605. The molecule has 3 nitrogen and oxygen atoms in total. The van der Waals surface area contributed by atoms with Crippen molar-refractivity contribution in [3.8, 4) is 0 Å². The predicted octanol–water partition coefficient (Wildman–Crippen LogP) is 3.53. The van der Waals surface area contributed by atoms with Crippen LogP contribution in [0.1, 0.15) is 36.3 Å². The van der Waals surface area contributed by atoms with Crippen LogP contribution in [-0.4, -0.2) is 16.5 Å². The third-order valence-electron chi connectivity index (χ3n) is 2.91. The molecule has 4 heteroatoms.